The van der Waals surface area contributed by atoms with E-state index in [0.717, 1.165) is 22.7 Å². The molecular formula is C31H39N3O7S. The molecule has 0 heterocycles. The van der Waals surface area contributed by atoms with Crippen LogP contribution in [0.1, 0.15) is 32.3 Å². The van der Waals surface area contributed by atoms with Gasteiger partial charge in [-0.2, -0.15) is 0 Å². The first-order chi connectivity index (χ1) is 20.2. The van der Waals surface area contributed by atoms with Crippen molar-refractivity contribution in [1.82, 2.24) is 10.2 Å². The fourth-order valence-corrected chi connectivity index (χ4v) is 5.73. The van der Waals surface area contributed by atoms with Gasteiger partial charge in [0.15, 0.2) is 0 Å². The van der Waals surface area contributed by atoms with Gasteiger partial charge in [-0.05, 0) is 67.4 Å². The highest BCUT2D eigenvalue weighted by molar-refractivity contribution is 7.92. The highest BCUT2D eigenvalue weighted by Crippen LogP contribution is 2.33. The normalized spacial score (nSPS) is 11.7. The maximum Gasteiger partial charge on any atom is 0.264 e. The molecule has 226 valence electrons. The van der Waals surface area contributed by atoms with Crippen LogP contribution in [0, 0.1) is 0 Å². The van der Waals surface area contributed by atoms with E-state index in [1.165, 1.54) is 43.4 Å². The molecule has 42 heavy (non-hydrogen) atoms. The number of nitrogens with one attached hydrogen (secondary N) is 1. The minimum atomic E-state index is -4.26. The third-order valence-electron chi connectivity index (χ3n) is 6.76. The largest absolute Gasteiger partial charge is 0.497 e. The topological polar surface area (TPSA) is 114 Å². The van der Waals surface area contributed by atoms with Gasteiger partial charge in [-0.15, -0.1) is 0 Å². The average molecular weight is 598 g/mol. The Bertz CT molecular complexity index is 1440. The minimum absolute atomic E-state index is 0.0355. The predicted octanol–water partition coefficient (Wildman–Crippen LogP) is 4.24. The van der Waals surface area contributed by atoms with Gasteiger partial charge in [-0.25, -0.2) is 8.42 Å². The molecule has 0 aromatic heterocycles. The van der Waals surface area contributed by atoms with Gasteiger partial charge < -0.3 is 24.4 Å². The van der Waals surface area contributed by atoms with Crippen LogP contribution in [0.25, 0.3) is 0 Å². The Morgan fingerprint density at radius 1 is 0.881 bits per heavy atom. The summed E-state index contributed by atoms with van der Waals surface area (Å²) in [6.45, 7) is 3.60. The molecule has 3 aromatic carbocycles. The lowest BCUT2D eigenvalue weighted by atomic mass is 10.1. The number of sulfonamides is 1. The van der Waals surface area contributed by atoms with Gasteiger partial charge in [0.2, 0.25) is 11.8 Å². The third-order valence-corrected chi connectivity index (χ3v) is 8.54. The first kappa shape index (κ1) is 32.3. The molecule has 0 radical (unpaired) electrons. The van der Waals surface area contributed by atoms with Crippen molar-refractivity contribution >= 4 is 27.5 Å². The third kappa shape index (κ3) is 7.94. The maximum atomic E-state index is 14.1. The highest BCUT2D eigenvalue weighted by atomic mass is 32.2. The summed E-state index contributed by atoms with van der Waals surface area (Å²) in [6, 6.07) is 18.7. The summed E-state index contributed by atoms with van der Waals surface area (Å²) in [5.74, 6) is 0.450. The predicted molar refractivity (Wildman–Crippen MR) is 161 cm³/mol. The molecule has 0 spiro atoms. The standard InChI is InChI=1S/C31H39N3O7S/c1-6-7-19-32-31(36)23(2)33(21-24-11-10-12-26(20-24)40-4)30(35)22-34(28-13-8-9-14-29(28)41-5)42(37,38)27-17-15-25(39-3)16-18-27/h8-18,20,23H,6-7,19,21-22H2,1-5H3,(H,32,36)/t23-/m0/s1. The van der Waals surface area contributed by atoms with E-state index >= 15 is 0 Å². The molecule has 3 rings (SSSR count). The van der Waals surface area contributed by atoms with Crippen LogP contribution in [-0.2, 0) is 26.2 Å². The SMILES string of the molecule is CCCCNC(=O)[C@H](C)N(Cc1cccc(OC)c1)C(=O)CN(c1ccccc1OC)S(=O)(=O)c1ccc(OC)cc1. The molecule has 0 unspecified atom stereocenters. The Hall–Kier alpha value is -4.25. The van der Waals surface area contributed by atoms with Gasteiger partial charge in [-0.3, -0.25) is 13.9 Å². The van der Waals surface area contributed by atoms with Gasteiger partial charge in [0.25, 0.3) is 10.0 Å². The molecule has 0 saturated carbocycles. The lowest BCUT2D eigenvalue weighted by molar-refractivity contribution is -0.139. The quantitative estimate of drug-likeness (QED) is 0.261. The Kier molecular flexibility index (Phi) is 11.6. The summed E-state index contributed by atoms with van der Waals surface area (Å²) < 4.78 is 45.1. The molecule has 1 atom stereocenters. The van der Waals surface area contributed by atoms with Crippen LogP contribution in [-0.4, -0.2) is 65.6 Å². The van der Waals surface area contributed by atoms with E-state index in [-0.39, 0.29) is 28.8 Å². The molecule has 2 amide bonds. The van der Waals surface area contributed by atoms with E-state index < -0.39 is 28.5 Å². The summed E-state index contributed by atoms with van der Waals surface area (Å²) in [5, 5.41) is 2.88. The van der Waals surface area contributed by atoms with Crippen molar-refractivity contribution in [2.75, 3.05) is 38.7 Å². The number of hydrogen-bond donors (Lipinski definition) is 1. The molecule has 0 fully saturated rings. The number of rotatable bonds is 15. The molecule has 0 aliphatic carbocycles. The lowest BCUT2D eigenvalue weighted by Gasteiger charge is -2.32. The number of carbonyl (C=O) groups excluding carboxylic acids is 2. The number of anilines is 1. The lowest BCUT2D eigenvalue weighted by Crippen LogP contribution is -2.51. The van der Waals surface area contributed by atoms with Crippen LogP contribution in [0.15, 0.2) is 77.7 Å². The second kappa shape index (κ2) is 15.1. The first-order valence-corrected chi connectivity index (χ1v) is 15.1. The molecule has 0 saturated heterocycles. The van der Waals surface area contributed by atoms with E-state index in [1.807, 2.05) is 13.0 Å². The first-order valence-electron chi connectivity index (χ1n) is 13.7. The fourth-order valence-electron chi connectivity index (χ4n) is 4.31. The molecule has 1 N–H and O–H groups in total. The monoisotopic (exact) mass is 597 g/mol. The number of methoxy groups -OCH3 is 3. The van der Waals surface area contributed by atoms with Gasteiger partial charge in [0, 0.05) is 13.1 Å². The van der Waals surface area contributed by atoms with E-state index in [1.54, 1.807) is 56.5 Å². The van der Waals surface area contributed by atoms with Crippen molar-refractivity contribution in [3.8, 4) is 17.2 Å². The number of benzene rings is 3. The number of nitrogens with zero attached hydrogens (tertiary/aromatic N) is 2. The summed E-state index contributed by atoms with van der Waals surface area (Å²) in [7, 11) is 0.198. The van der Waals surface area contributed by atoms with Crippen molar-refractivity contribution in [2.45, 2.75) is 44.2 Å². The van der Waals surface area contributed by atoms with Crippen molar-refractivity contribution in [1.29, 1.82) is 0 Å². The molecule has 0 aliphatic heterocycles. The summed E-state index contributed by atoms with van der Waals surface area (Å²) >= 11 is 0. The summed E-state index contributed by atoms with van der Waals surface area (Å²) in [4.78, 5) is 28.5. The van der Waals surface area contributed by atoms with Crippen LogP contribution >= 0.6 is 0 Å². The van der Waals surface area contributed by atoms with E-state index in [4.69, 9.17) is 14.2 Å². The maximum absolute atomic E-state index is 14.1. The van der Waals surface area contributed by atoms with Crippen LogP contribution < -0.4 is 23.8 Å². The molecule has 0 bridgehead atoms. The average Bonchev–Trinajstić information content (AvgIpc) is 3.02. The van der Waals surface area contributed by atoms with Gasteiger partial charge in [0.05, 0.1) is 31.9 Å². The van der Waals surface area contributed by atoms with E-state index in [2.05, 4.69) is 5.32 Å². The van der Waals surface area contributed by atoms with Gasteiger partial charge in [0.1, 0.15) is 29.8 Å². The van der Waals surface area contributed by atoms with Crippen molar-refractivity contribution in [3.05, 3.63) is 78.4 Å². The Labute approximate surface area is 248 Å². The number of carbonyl (C=O) groups is 2. The van der Waals surface area contributed by atoms with Crippen LogP contribution in [0.4, 0.5) is 5.69 Å². The molecule has 3 aromatic rings. The van der Waals surface area contributed by atoms with Crippen molar-refractivity contribution in [3.63, 3.8) is 0 Å². The van der Waals surface area contributed by atoms with E-state index in [0.29, 0.717) is 18.0 Å². The molecule has 11 heteroatoms. The minimum Gasteiger partial charge on any atom is -0.497 e. The van der Waals surface area contributed by atoms with Crippen LogP contribution in [0.2, 0.25) is 0 Å². The highest BCUT2D eigenvalue weighted by Gasteiger charge is 2.33. The van der Waals surface area contributed by atoms with Crippen LogP contribution in [0.3, 0.4) is 0 Å². The molecular weight excluding hydrogens is 558 g/mol. The van der Waals surface area contributed by atoms with Crippen molar-refractivity contribution < 1.29 is 32.2 Å². The Balaban J connectivity index is 2.05. The second-order valence-electron chi connectivity index (χ2n) is 9.55. The van der Waals surface area contributed by atoms with Gasteiger partial charge in [-0.1, -0.05) is 37.6 Å². The number of para-hydroxylation sites is 2. The zero-order valence-electron chi connectivity index (χ0n) is 24.7. The summed E-state index contributed by atoms with van der Waals surface area (Å²) in [5.41, 5.74) is 0.906. The molecule has 10 nitrogen and oxygen atoms in total. The number of amides is 2. The zero-order valence-corrected chi connectivity index (χ0v) is 25.5. The van der Waals surface area contributed by atoms with Crippen LogP contribution in [0.5, 0.6) is 17.2 Å². The van der Waals surface area contributed by atoms with Crippen molar-refractivity contribution in [2.24, 2.45) is 0 Å². The molecule has 0 aliphatic rings. The number of hydrogen-bond acceptors (Lipinski definition) is 7. The Morgan fingerprint density at radius 2 is 1.57 bits per heavy atom. The fraction of sp³-hybridized carbons (Fsp3) is 0.355. The summed E-state index contributed by atoms with van der Waals surface area (Å²) in [6.07, 6.45) is 1.70. The Morgan fingerprint density at radius 3 is 2.21 bits per heavy atom. The zero-order chi connectivity index (χ0) is 30.7. The van der Waals surface area contributed by atoms with Gasteiger partial charge >= 0.3 is 0 Å². The number of ether oxygens (including phenoxy) is 3. The number of unbranched alkanes of at least 4 members (excludes halogenated alkanes) is 1. The van der Waals surface area contributed by atoms with E-state index in [9.17, 15) is 18.0 Å². The second-order valence-corrected chi connectivity index (χ2v) is 11.4. The smallest absolute Gasteiger partial charge is 0.264 e.